The summed E-state index contributed by atoms with van der Waals surface area (Å²) in [6.07, 6.45) is 0. The number of carbonyl (C=O) groups excluding carboxylic acids is 1. The Bertz CT molecular complexity index is 365. The van der Waals surface area contributed by atoms with Gasteiger partial charge in [-0.25, -0.2) is 0 Å². The zero-order valence-electron chi connectivity index (χ0n) is 11.6. The number of rotatable bonds is 9. The molecule has 5 nitrogen and oxygen atoms in total. The molecular formula is C14H22N2O3. The van der Waals surface area contributed by atoms with Gasteiger partial charge in [0.15, 0.2) is 0 Å². The van der Waals surface area contributed by atoms with Gasteiger partial charge in [-0.2, -0.15) is 0 Å². The normalized spacial score (nSPS) is 10.4. The summed E-state index contributed by atoms with van der Waals surface area (Å²) in [6, 6.07) is 7.77. The first kappa shape index (κ1) is 15.6. The van der Waals surface area contributed by atoms with Gasteiger partial charge in [0.05, 0.1) is 19.8 Å². The van der Waals surface area contributed by atoms with Gasteiger partial charge in [0, 0.05) is 32.8 Å². The van der Waals surface area contributed by atoms with Crippen molar-refractivity contribution in [2.75, 3.05) is 38.8 Å². The number of amides is 1. The average Bonchev–Trinajstić information content (AvgIpc) is 2.39. The maximum absolute atomic E-state index is 10.9. The number of anilines is 1. The van der Waals surface area contributed by atoms with Gasteiger partial charge in [0.25, 0.3) is 0 Å². The minimum Gasteiger partial charge on any atom is -0.382 e. The van der Waals surface area contributed by atoms with E-state index in [9.17, 15) is 4.79 Å². The molecule has 1 amide bonds. The lowest BCUT2D eigenvalue weighted by Gasteiger charge is -2.07. The Morgan fingerprint density at radius 2 is 1.89 bits per heavy atom. The quantitative estimate of drug-likeness (QED) is 0.663. The summed E-state index contributed by atoms with van der Waals surface area (Å²) in [5.41, 5.74) is 1.99. The van der Waals surface area contributed by atoms with E-state index in [-0.39, 0.29) is 5.91 Å². The van der Waals surface area contributed by atoms with Crippen LogP contribution in [-0.4, -0.2) is 39.4 Å². The standard InChI is InChI=1S/C14H22N2O3/c1-12(17)16-14-5-3-13(4-6-14)11-15-7-8-19-10-9-18-2/h3-6,15H,7-11H2,1-2H3,(H,16,17). The van der Waals surface area contributed by atoms with Crippen molar-refractivity contribution in [3.8, 4) is 0 Å². The van der Waals surface area contributed by atoms with Gasteiger partial charge < -0.3 is 20.1 Å². The molecule has 0 aliphatic heterocycles. The van der Waals surface area contributed by atoms with E-state index in [4.69, 9.17) is 9.47 Å². The number of methoxy groups -OCH3 is 1. The van der Waals surface area contributed by atoms with E-state index in [0.29, 0.717) is 19.8 Å². The predicted octanol–water partition coefficient (Wildman–Crippen LogP) is 1.40. The topological polar surface area (TPSA) is 59.6 Å². The molecule has 0 aliphatic rings. The average molecular weight is 266 g/mol. The Labute approximate surface area is 114 Å². The van der Waals surface area contributed by atoms with Crippen LogP contribution >= 0.6 is 0 Å². The lowest BCUT2D eigenvalue weighted by atomic mass is 10.2. The highest BCUT2D eigenvalue weighted by atomic mass is 16.5. The summed E-state index contributed by atoms with van der Waals surface area (Å²) in [7, 11) is 1.66. The fourth-order valence-electron chi connectivity index (χ4n) is 1.53. The molecule has 0 saturated carbocycles. The van der Waals surface area contributed by atoms with Crippen molar-refractivity contribution in [2.24, 2.45) is 0 Å². The number of carbonyl (C=O) groups is 1. The summed E-state index contributed by atoms with van der Waals surface area (Å²) in [5, 5.41) is 6.02. The lowest BCUT2D eigenvalue weighted by molar-refractivity contribution is -0.114. The summed E-state index contributed by atoms with van der Waals surface area (Å²) in [6.45, 7) is 5.02. The van der Waals surface area contributed by atoms with Crippen LogP contribution in [0, 0.1) is 0 Å². The molecule has 1 aromatic rings. The molecule has 0 radical (unpaired) electrons. The first-order chi connectivity index (χ1) is 9.22. The largest absolute Gasteiger partial charge is 0.382 e. The smallest absolute Gasteiger partial charge is 0.221 e. The second-order valence-corrected chi connectivity index (χ2v) is 4.16. The fraction of sp³-hybridized carbons (Fsp3) is 0.500. The van der Waals surface area contributed by atoms with Crippen molar-refractivity contribution >= 4 is 11.6 Å². The van der Waals surface area contributed by atoms with Crippen molar-refractivity contribution < 1.29 is 14.3 Å². The van der Waals surface area contributed by atoms with E-state index < -0.39 is 0 Å². The van der Waals surface area contributed by atoms with E-state index in [2.05, 4.69) is 10.6 Å². The highest BCUT2D eigenvalue weighted by molar-refractivity contribution is 5.88. The maximum Gasteiger partial charge on any atom is 0.221 e. The second kappa shape index (κ2) is 9.49. The lowest BCUT2D eigenvalue weighted by Crippen LogP contribution is -2.20. The zero-order chi connectivity index (χ0) is 13.9. The number of hydrogen-bond acceptors (Lipinski definition) is 4. The number of ether oxygens (including phenoxy) is 2. The van der Waals surface area contributed by atoms with Crippen LogP contribution in [0.4, 0.5) is 5.69 Å². The molecule has 0 unspecified atom stereocenters. The monoisotopic (exact) mass is 266 g/mol. The number of benzene rings is 1. The molecule has 0 aromatic heterocycles. The Hall–Kier alpha value is -1.43. The Kier molecular flexibility index (Phi) is 7.81. The van der Waals surface area contributed by atoms with Crippen LogP contribution < -0.4 is 10.6 Å². The first-order valence-corrected chi connectivity index (χ1v) is 6.36. The molecule has 0 atom stereocenters. The van der Waals surface area contributed by atoms with Crippen LogP contribution in [0.2, 0.25) is 0 Å². The molecule has 0 saturated heterocycles. The van der Waals surface area contributed by atoms with Crippen LogP contribution in [0.15, 0.2) is 24.3 Å². The van der Waals surface area contributed by atoms with E-state index in [1.165, 1.54) is 12.5 Å². The van der Waals surface area contributed by atoms with Crippen LogP contribution in [0.1, 0.15) is 12.5 Å². The summed E-state index contributed by atoms with van der Waals surface area (Å²) >= 11 is 0. The van der Waals surface area contributed by atoms with Gasteiger partial charge in [-0.15, -0.1) is 0 Å². The van der Waals surface area contributed by atoms with Crippen LogP contribution in [0.25, 0.3) is 0 Å². The van der Waals surface area contributed by atoms with Gasteiger partial charge in [0.1, 0.15) is 0 Å². The van der Waals surface area contributed by atoms with Crippen molar-refractivity contribution in [3.05, 3.63) is 29.8 Å². The van der Waals surface area contributed by atoms with Crippen LogP contribution in [0.5, 0.6) is 0 Å². The molecule has 19 heavy (non-hydrogen) atoms. The molecule has 106 valence electrons. The van der Waals surface area contributed by atoms with Gasteiger partial charge in [0.2, 0.25) is 5.91 Å². The van der Waals surface area contributed by atoms with E-state index in [1.807, 2.05) is 24.3 Å². The first-order valence-electron chi connectivity index (χ1n) is 6.36. The minimum atomic E-state index is -0.0564. The molecule has 0 spiro atoms. The van der Waals surface area contributed by atoms with Gasteiger partial charge in [-0.05, 0) is 17.7 Å². The van der Waals surface area contributed by atoms with Gasteiger partial charge >= 0.3 is 0 Å². The summed E-state index contributed by atoms with van der Waals surface area (Å²) < 4.78 is 10.2. The zero-order valence-corrected chi connectivity index (χ0v) is 11.6. The maximum atomic E-state index is 10.9. The molecule has 2 N–H and O–H groups in total. The molecule has 5 heteroatoms. The number of nitrogens with one attached hydrogen (secondary N) is 2. The molecule has 0 bridgehead atoms. The highest BCUT2D eigenvalue weighted by Crippen LogP contribution is 2.09. The van der Waals surface area contributed by atoms with Crippen molar-refractivity contribution in [3.63, 3.8) is 0 Å². The predicted molar refractivity (Wildman–Crippen MR) is 75.1 cm³/mol. The SMILES string of the molecule is COCCOCCNCc1ccc(NC(C)=O)cc1. The molecule has 0 aliphatic carbocycles. The van der Waals surface area contributed by atoms with E-state index in [1.54, 1.807) is 7.11 Å². The molecule has 1 rings (SSSR count). The Morgan fingerprint density at radius 3 is 2.53 bits per heavy atom. The highest BCUT2D eigenvalue weighted by Gasteiger charge is 1.96. The van der Waals surface area contributed by atoms with Gasteiger partial charge in [-0.3, -0.25) is 4.79 Å². The van der Waals surface area contributed by atoms with Crippen molar-refractivity contribution in [1.82, 2.24) is 5.32 Å². The van der Waals surface area contributed by atoms with Crippen molar-refractivity contribution in [2.45, 2.75) is 13.5 Å². The Balaban J connectivity index is 2.14. The third-order valence-electron chi connectivity index (χ3n) is 2.46. The summed E-state index contributed by atoms with van der Waals surface area (Å²) in [5.74, 6) is -0.0564. The van der Waals surface area contributed by atoms with Gasteiger partial charge in [-0.1, -0.05) is 12.1 Å². The molecule has 0 fully saturated rings. The third-order valence-corrected chi connectivity index (χ3v) is 2.46. The van der Waals surface area contributed by atoms with E-state index in [0.717, 1.165) is 18.8 Å². The van der Waals surface area contributed by atoms with Crippen molar-refractivity contribution in [1.29, 1.82) is 0 Å². The minimum absolute atomic E-state index is 0.0564. The second-order valence-electron chi connectivity index (χ2n) is 4.16. The molecular weight excluding hydrogens is 244 g/mol. The third kappa shape index (κ3) is 7.56. The van der Waals surface area contributed by atoms with Crippen LogP contribution in [-0.2, 0) is 20.8 Å². The Morgan fingerprint density at radius 1 is 1.16 bits per heavy atom. The van der Waals surface area contributed by atoms with Crippen LogP contribution in [0.3, 0.4) is 0 Å². The molecule has 1 aromatic carbocycles. The molecule has 0 heterocycles. The van der Waals surface area contributed by atoms with E-state index >= 15 is 0 Å². The fourth-order valence-corrected chi connectivity index (χ4v) is 1.53. The number of hydrogen-bond donors (Lipinski definition) is 2. The summed E-state index contributed by atoms with van der Waals surface area (Å²) in [4.78, 5) is 10.9.